The summed E-state index contributed by atoms with van der Waals surface area (Å²) in [5, 5.41) is 7.65. The van der Waals surface area contributed by atoms with Crippen LogP contribution in [-0.2, 0) is 6.42 Å². The van der Waals surface area contributed by atoms with Crippen LogP contribution in [0.1, 0.15) is 24.4 Å². The first-order valence-corrected chi connectivity index (χ1v) is 6.47. The lowest BCUT2D eigenvalue weighted by atomic mass is 10.1. The van der Waals surface area contributed by atoms with E-state index in [1.165, 1.54) is 0 Å². The van der Waals surface area contributed by atoms with Crippen molar-refractivity contribution in [2.45, 2.75) is 26.3 Å². The Hall–Kier alpha value is -2.50. The van der Waals surface area contributed by atoms with Crippen LogP contribution in [0.25, 0.3) is 10.9 Å². The number of nitrogens with one attached hydrogen (secondary N) is 1. The minimum absolute atomic E-state index is 0.0118. The number of nitrogens with zero attached hydrogens (tertiary/aromatic N) is 4. The average molecular weight is 269 g/mol. The van der Waals surface area contributed by atoms with Gasteiger partial charge < -0.3 is 0 Å². The summed E-state index contributed by atoms with van der Waals surface area (Å²) < 4.78 is 1.63. The topological polar surface area (TPSA) is 76.5 Å². The summed E-state index contributed by atoms with van der Waals surface area (Å²) >= 11 is 0. The van der Waals surface area contributed by atoms with Crippen LogP contribution in [0.2, 0.25) is 0 Å². The third kappa shape index (κ3) is 2.20. The number of pyridine rings is 1. The van der Waals surface area contributed by atoms with Gasteiger partial charge in [0, 0.05) is 30.6 Å². The molecule has 6 heteroatoms. The Kier molecular flexibility index (Phi) is 3.06. The highest BCUT2D eigenvalue weighted by Gasteiger charge is 2.12. The fraction of sp³-hybridized carbons (Fsp3) is 0.286. The number of aromatic nitrogens is 5. The van der Waals surface area contributed by atoms with Crippen molar-refractivity contribution in [2.24, 2.45) is 0 Å². The van der Waals surface area contributed by atoms with E-state index in [4.69, 9.17) is 0 Å². The van der Waals surface area contributed by atoms with E-state index < -0.39 is 0 Å². The Balaban J connectivity index is 1.97. The summed E-state index contributed by atoms with van der Waals surface area (Å²) in [4.78, 5) is 20.7. The number of rotatable bonds is 3. The van der Waals surface area contributed by atoms with Gasteiger partial charge in [0.25, 0.3) is 5.56 Å². The lowest BCUT2D eigenvalue weighted by molar-refractivity contribution is 0.517. The Bertz CT molecular complexity index is 804. The molecule has 1 atom stereocenters. The molecule has 0 aromatic carbocycles. The molecular formula is C14H15N5O. The van der Waals surface area contributed by atoms with Crippen LogP contribution in [0.3, 0.4) is 0 Å². The van der Waals surface area contributed by atoms with Crippen LogP contribution < -0.4 is 5.56 Å². The van der Waals surface area contributed by atoms with E-state index in [1.807, 2.05) is 19.9 Å². The molecule has 0 bridgehead atoms. The minimum atomic E-state index is -0.0668. The van der Waals surface area contributed by atoms with Gasteiger partial charge in [0.05, 0.1) is 22.9 Å². The zero-order chi connectivity index (χ0) is 14.1. The first-order chi connectivity index (χ1) is 9.65. The Morgan fingerprint density at radius 1 is 1.45 bits per heavy atom. The molecule has 3 heterocycles. The highest BCUT2D eigenvalue weighted by molar-refractivity contribution is 5.75. The normalized spacial score (nSPS) is 12.7. The van der Waals surface area contributed by atoms with Gasteiger partial charge in [0.2, 0.25) is 0 Å². The summed E-state index contributed by atoms with van der Waals surface area (Å²) in [7, 11) is 0. The van der Waals surface area contributed by atoms with Gasteiger partial charge in [-0.05, 0) is 26.0 Å². The molecule has 0 aliphatic carbocycles. The zero-order valence-electron chi connectivity index (χ0n) is 11.4. The van der Waals surface area contributed by atoms with E-state index in [0.717, 1.165) is 11.4 Å². The molecule has 0 spiro atoms. The zero-order valence-corrected chi connectivity index (χ0v) is 11.4. The average Bonchev–Trinajstić information content (AvgIpc) is 2.84. The number of aryl methyl sites for hydroxylation is 1. The van der Waals surface area contributed by atoms with Gasteiger partial charge in [-0.1, -0.05) is 0 Å². The van der Waals surface area contributed by atoms with E-state index >= 15 is 0 Å². The van der Waals surface area contributed by atoms with E-state index in [1.54, 1.807) is 29.4 Å². The lowest BCUT2D eigenvalue weighted by Gasteiger charge is -2.13. The lowest BCUT2D eigenvalue weighted by Crippen LogP contribution is -2.25. The summed E-state index contributed by atoms with van der Waals surface area (Å²) in [6, 6.07) is 3.71. The van der Waals surface area contributed by atoms with Gasteiger partial charge >= 0.3 is 0 Å². The summed E-state index contributed by atoms with van der Waals surface area (Å²) in [5.41, 5.74) is 2.56. The fourth-order valence-electron chi connectivity index (χ4n) is 2.27. The van der Waals surface area contributed by atoms with Crippen LogP contribution >= 0.6 is 0 Å². The summed E-state index contributed by atoms with van der Waals surface area (Å²) in [5.74, 6) is 0. The molecule has 0 saturated heterocycles. The van der Waals surface area contributed by atoms with E-state index in [9.17, 15) is 4.79 Å². The minimum Gasteiger partial charge on any atom is -0.295 e. The summed E-state index contributed by atoms with van der Waals surface area (Å²) in [6.45, 7) is 3.94. The second kappa shape index (κ2) is 4.88. The highest BCUT2D eigenvalue weighted by Crippen LogP contribution is 2.12. The van der Waals surface area contributed by atoms with Crippen molar-refractivity contribution in [3.63, 3.8) is 0 Å². The van der Waals surface area contributed by atoms with Crippen molar-refractivity contribution in [3.05, 3.63) is 52.6 Å². The molecule has 0 unspecified atom stereocenters. The third-order valence-electron chi connectivity index (χ3n) is 3.32. The number of hydrogen-bond acceptors (Lipinski definition) is 4. The Morgan fingerprint density at radius 3 is 3.05 bits per heavy atom. The predicted molar refractivity (Wildman–Crippen MR) is 75.5 cm³/mol. The number of hydrogen-bond donors (Lipinski definition) is 1. The molecule has 20 heavy (non-hydrogen) atoms. The maximum Gasteiger partial charge on any atom is 0.263 e. The fourth-order valence-corrected chi connectivity index (χ4v) is 2.27. The van der Waals surface area contributed by atoms with Gasteiger partial charge in [-0.25, -0.2) is 4.98 Å². The number of H-pyrrole nitrogens is 1. The van der Waals surface area contributed by atoms with Gasteiger partial charge in [0.15, 0.2) is 0 Å². The van der Waals surface area contributed by atoms with E-state index in [0.29, 0.717) is 17.3 Å². The molecule has 3 aromatic rings. The monoisotopic (exact) mass is 269 g/mol. The molecule has 0 radical (unpaired) electrons. The first kappa shape index (κ1) is 12.5. The van der Waals surface area contributed by atoms with E-state index in [2.05, 4.69) is 20.2 Å². The van der Waals surface area contributed by atoms with Crippen LogP contribution in [0.15, 0.2) is 35.6 Å². The van der Waals surface area contributed by atoms with Crippen LogP contribution in [0.5, 0.6) is 0 Å². The molecule has 0 aliphatic rings. The Labute approximate surface area is 115 Å². The first-order valence-electron chi connectivity index (χ1n) is 6.47. The summed E-state index contributed by atoms with van der Waals surface area (Å²) in [6.07, 6.45) is 5.47. The highest BCUT2D eigenvalue weighted by atomic mass is 16.1. The second-order valence-electron chi connectivity index (χ2n) is 4.95. The maximum atomic E-state index is 12.4. The van der Waals surface area contributed by atoms with Gasteiger partial charge in [0.1, 0.15) is 0 Å². The largest absolute Gasteiger partial charge is 0.295 e. The van der Waals surface area contributed by atoms with Crippen molar-refractivity contribution in [2.75, 3.05) is 0 Å². The van der Waals surface area contributed by atoms with Crippen molar-refractivity contribution in [1.29, 1.82) is 0 Å². The molecule has 0 amide bonds. The molecular weight excluding hydrogens is 254 g/mol. The van der Waals surface area contributed by atoms with E-state index in [-0.39, 0.29) is 11.6 Å². The number of fused-ring (bicyclic) bond motifs is 1. The van der Waals surface area contributed by atoms with Crippen LogP contribution in [0.4, 0.5) is 0 Å². The molecule has 3 aromatic heterocycles. The van der Waals surface area contributed by atoms with Crippen LogP contribution in [0, 0.1) is 6.92 Å². The van der Waals surface area contributed by atoms with Gasteiger partial charge in [-0.15, -0.1) is 0 Å². The standard InChI is InChI=1S/C14H15N5O/c1-9-5-11(18-17-9)6-10(2)19-8-16-13-3-4-15-7-12(13)14(19)20/h3-5,7-8,10H,6H2,1-2H3,(H,17,18)/t10-/m1/s1. The third-order valence-corrected chi connectivity index (χ3v) is 3.32. The van der Waals surface area contributed by atoms with Crippen molar-refractivity contribution in [3.8, 4) is 0 Å². The maximum absolute atomic E-state index is 12.4. The predicted octanol–water partition coefficient (Wildman–Crippen LogP) is 1.63. The van der Waals surface area contributed by atoms with Gasteiger partial charge in [-0.3, -0.25) is 19.4 Å². The molecule has 0 fully saturated rings. The Morgan fingerprint density at radius 2 is 2.30 bits per heavy atom. The molecule has 6 nitrogen and oxygen atoms in total. The second-order valence-corrected chi connectivity index (χ2v) is 4.95. The molecule has 1 N–H and O–H groups in total. The molecule has 3 rings (SSSR count). The smallest absolute Gasteiger partial charge is 0.263 e. The SMILES string of the molecule is Cc1cc(C[C@@H](C)n2cnc3ccncc3c2=O)n[nH]1. The number of aromatic amines is 1. The molecule has 0 aliphatic heterocycles. The van der Waals surface area contributed by atoms with Crippen LogP contribution in [-0.4, -0.2) is 24.7 Å². The molecule has 0 saturated carbocycles. The van der Waals surface area contributed by atoms with Crippen molar-refractivity contribution < 1.29 is 0 Å². The quantitative estimate of drug-likeness (QED) is 0.784. The van der Waals surface area contributed by atoms with Crippen molar-refractivity contribution >= 4 is 10.9 Å². The van der Waals surface area contributed by atoms with Gasteiger partial charge in [-0.2, -0.15) is 5.10 Å². The van der Waals surface area contributed by atoms with Crippen molar-refractivity contribution in [1.82, 2.24) is 24.7 Å². The molecule has 102 valence electrons.